The van der Waals surface area contributed by atoms with Gasteiger partial charge < -0.3 is 14.4 Å². The van der Waals surface area contributed by atoms with Crippen molar-refractivity contribution >= 4 is 5.91 Å². The molecule has 6 heteroatoms. The Bertz CT molecular complexity index is 500. The lowest BCUT2D eigenvalue weighted by atomic mass is 10.1. The minimum Gasteiger partial charge on any atom is -0.481 e. The number of carbonyl (C=O) groups excluding carboxylic acids is 1. The van der Waals surface area contributed by atoms with Crippen LogP contribution in [0.1, 0.15) is 17.7 Å². The zero-order valence-electron chi connectivity index (χ0n) is 11.7. The lowest BCUT2D eigenvalue weighted by Gasteiger charge is -2.23. The minimum atomic E-state index is 0.0317. The molecule has 6 nitrogen and oxygen atoms in total. The fourth-order valence-electron chi connectivity index (χ4n) is 2.88. The van der Waals surface area contributed by atoms with E-state index >= 15 is 0 Å². The summed E-state index contributed by atoms with van der Waals surface area (Å²) < 4.78 is 10.6. The van der Waals surface area contributed by atoms with E-state index in [2.05, 4.69) is 9.97 Å². The van der Waals surface area contributed by atoms with Crippen LogP contribution in [0.25, 0.3) is 0 Å². The van der Waals surface area contributed by atoms with Crippen molar-refractivity contribution in [1.29, 1.82) is 0 Å². The zero-order valence-corrected chi connectivity index (χ0v) is 11.7. The van der Waals surface area contributed by atoms with Crippen molar-refractivity contribution in [2.45, 2.75) is 19.3 Å². The third-order valence-corrected chi connectivity index (χ3v) is 4.03. The van der Waals surface area contributed by atoms with Crippen LogP contribution in [0.3, 0.4) is 0 Å². The molecular weight excluding hydrogens is 258 g/mol. The van der Waals surface area contributed by atoms with Gasteiger partial charge in [0.2, 0.25) is 11.8 Å². The van der Waals surface area contributed by atoms with E-state index < -0.39 is 0 Å². The number of nitrogens with zero attached hydrogens (tertiary/aromatic N) is 3. The Morgan fingerprint density at radius 3 is 3.00 bits per heavy atom. The van der Waals surface area contributed by atoms with Gasteiger partial charge in [-0.1, -0.05) is 0 Å². The first-order valence-corrected chi connectivity index (χ1v) is 7.03. The number of amides is 1. The van der Waals surface area contributed by atoms with E-state index in [9.17, 15) is 4.79 Å². The van der Waals surface area contributed by atoms with E-state index in [1.807, 2.05) is 4.90 Å². The maximum absolute atomic E-state index is 12.4. The summed E-state index contributed by atoms with van der Waals surface area (Å²) in [4.78, 5) is 22.8. The molecule has 0 saturated carbocycles. The molecule has 1 amide bonds. The van der Waals surface area contributed by atoms with Gasteiger partial charge in [0.1, 0.15) is 6.33 Å². The van der Waals surface area contributed by atoms with E-state index in [-0.39, 0.29) is 11.8 Å². The largest absolute Gasteiger partial charge is 0.481 e. The summed E-state index contributed by atoms with van der Waals surface area (Å²) in [6, 6.07) is 0. The van der Waals surface area contributed by atoms with Crippen molar-refractivity contribution < 1.29 is 14.3 Å². The van der Waals surface area contributed by atoms with Crippen LogP contribution < -0.4 is 4.74 Å². The van der Waals surface area contributed by atoms with Crippen molar-refractivity contribution in [1.82, 2.24) is 14.9 Å². The van der Waals surface area contributed by atoms with E-state index in [0.717, 1.165) is 30.5 Å². The van der Waals surface area contributed by atoms with E-state index in [0.29, 0.717) is 32.2 Å². The lowest BCUT2D eigenvalue weighted by Crippen LogP contribution is -2.38. The zero-order chi connectivity index (χ0) is 13.9. The van der Waals surface area contributed by atoms with Crippen LogP contribution in [0.2, 0.25) is 0 Å². The first kappa shape index (κ1) is 13.3. The average Bonchev–Trinajstić information content (AvgIpc) is 2.92. The molecule has 0 radical (unpaired) electrons. The second-order valence-electron chi connectivity index (χ2n) is 5.19. The summed E-state index contributed by atoms with van der Waals surface area (Å²) in [7, 11) is 1.62. The normalized spacial score (nSPS) is 22.2. The molecule has 3 heterocycles. The highest BCUT2D eigenvalue weighted by Crippen LogP contribution is 2.23. The first-order valence-electron chi connectivity index (χ1n) is 7.03. The number of aromatic nitrogens is 2. The molecule has 2 aliphatic rings. The molecule has 1 saturated heterocycles. The Kier molecular flexibility index (Phi) is 3.82. The molecule has 1 unspecified atom stereocenters. The predicted molar refractivity (Wildman–Crippen MR) is 71.5 cm³/mol. The molecule has 0 bridgehead atoms. The molecule has 0 N–H and O–H groups in total. The highest BCUT2D eigenvalue weighted by Gasteiger charge is 2.29. The maximum atomic E-state index is 12.4. The number of hydrogen-bond donors (Lipinski definition) is 0. The molecular formula is C14H19N3O3. The van der Waals surface area contributed by atoms with Gasteiger partial charge in [0, 0.05) is 31.7 Å². The predicted octanol–water partition coefficient (Wildman–Crippen LogP) is 0.449. The number of rotatable bonds is 2. The standard InChI is InChI=1S/C14H19N3O3/c1-19-13-11-2-5-17(6-3-12(11)15-9-16-13)14(18)10-4-7-20-8-10/h9-10H,2-8H2,1H3. The third kappa shape index (κ3) is 2.47. The van der Waals surface area contributed by atoms with Crippen LogP contribution in [-0.2, 0) is 22.4 Å². The summed E-state index contributed by atoms with van der Waals surface area (Å²) in [6.45, 7) is 2.67. The molecule has 0 aliphatic carbocycles. The smallest absolute Gasteiger partial charge is 0.228 e. The molecule has 1 atom stereocenters. The Balaban J connectivity index is 1.73. The average molecular weight is 277 g/mol. The van der Waals surface area contributed by atoms with Gasteiger partial charge in [0.25, 0.3) is 0 Å². The van der Waals surface area contributed by atoms with Crippen molar-refractivity contribution in [2.75, 3.05) is 33.4 Å². The summed E-state index contributed by atoms with van der Waals surface area (Å²) in [6.07, 6.45) is 3.87. The lowest BCUT2D eigenvalue weighted by molar-refractivity contribution is -0.135. The summed E-state index contributed by atoms with van der Waals surface area (Å²) >= 11 is 0. The van der Waals surface area contributed by atoms with E-state index in [4.69, 9.17) is 9.47 Å². The summed E-state index contributed by atoms with van der Waals surface area (Å²) in [5.41, 5.74) is 2.03. The van der Waals surface area contributed by atoms with Crippen LogP contribution in [0.5, 0.6) is 5.88 Å². The van der Waals surface area contributed by atoms with Gasteiger partial charge in [-0.05, 0) is 12.8 Å². The van der Waals surface area contributed by atoms with Crippen LogP contribution >= 0.6 is 0 Å². The van der Waals surface area contributed by atoms with Gasteiger partial charge in [-0.15, -0.1) is 0 Å². The Hall–Kier alpha value is -1.69. The number of ether oxygens (including phenoxy) is 2. The summed E-state index contributed by atoms with van der Waals surface area (Å²) in [5.74, 6) is 0.875. The second-order valence-corrected chi connectivity index (χ2v) is 5.19. The van der Waals surface area contributed by atoms with Gasteiger partial charge >= 0.3 is 0 Å². The highest BCUT2D eigenvalue weighted by atomic mass is 16.5. The number of methoxy groups -OCH3 is 1. The van der Waals surface area contributed by atoms with Crippen molar-refractivity contribution in [3.8, 4) is 5.88 Å². The van der Waals surface area contributed by atoms with Crippen LogP contribution in [-0.4, -0.2) is 54.2 Å². The van der Waals surface area contributed by atoms with Crippen molar-refractivity contribution in [3.05, 3.63) is 17.6 Å². The fraction of sp³-hybridized carbons (Fsp3) is 0.643. The van der Waals surface area contributed by atoms with Gasteiger partial charge in [-0.25, -0.2) is 9.97 Å². The van der Waals surface area contributed by atoms with Crippen LogP contribution in [0, 0.1) is 5.92 Å². The molecule has 1 fully saturated rings. The monoisotopic (exact) mass is 277 g/mol. The molecule has 0 aromatic carbocycles. The van der Waals surface area contributed by atoms with Gasteiger partial charge in [-0.2, -0.15) is 0 Å². The SMILES string of the molecule is COc1ncnc2c1CCN(C(=O)C1CCOC1)CC2. The Morgan fingerprint density at radius 2 is 2.25 bits per heavy atom. The maximum Gasteiger partial charge on any atom is 0.228 e. The first-order chi connectivity index (χ1) is 9.79. The molecule has 108 valence electrons. The number of fused-ring (bicyclic) bond motifs is 1. The molecule has 1 aromatic rings. The van der Waals surface area contributed by atoms with Gasteiger partial charge in [0.15, 0.2) is 0 Å². The van der Waals surface area contributed by atoms with E-state index in [1.165, 1.54) is 6.33 Å². The molecule has 20 heavy (non-hydrogen) atoms. The van der Waals surface area contributed by atoms with Crippen LogP contribution in [0.4, 0.5) is 0 Å². The number of hydrogen-bond acceptors (Lipinski definition) is 5. The number of carbonyl (C=O) groups is 1. The van der Waals surface area contributed by atoms with Gasteiger partial charge in [0.05, 0.1) is 25.3 Å². The topological polar surface area (TPSA) is 64.6 Å². The quantitative estimate of drug-likeness (QED) is 0.785. The van der Waals surface area contributed by atoms with E-state index in [1.54, 1.807) is 7.11 Å². The van der Waals surface area contributed by atoms with Crippen LogP contribution in [0.15, 0.2) is 6.33 Å². The summed E-state index contributed by atoms with van der Waals surface area (Å²) in [5, 5.41) is 0. The second kappa shape index (κ2) is 5.75. The Labute approximate surface area is 118 Å². The van der Waals surface area contributed by atoms with Crippen molar-refractivity contribution in [2.24, 2.45) is 5.92 Å². The third-order valence-electron chi connectivity index (χ3n) is 4.03. The minimum absolute atomic E-state index is 0.0317. The fourth-order valence-corrected chi connectivity index (χ4v) is 2.88. The van der Waals surface area contributed by atoms with Gasteiger partial charge in [-0.3, -0.25) is 4.79 Å². The highest BCUT2D eigenvalue weighted by molar-refractivity contribution is 5.79. The molecule has 2 aliphatic heterocycles. The van der Waals surface area contributed by atoms with Crippen molar-refractivity contribution in [3.63, 3.8) is 0 Å². The Morgan fingerprint density at radius 1 is 1.40 bits per heavy atom. The molecule has 1 aromatic heterocycles. The molecule has 3 rings (SSSR count). The molecule has 0 spiro atoms.